The van der Waals surface area contributed by atoms with Crippen LogP contribution in [0.2, 0.25) is 0 Å². The molecule has 0 saturated heterocycles. The quantitative estimate of drug-likeness (QED) is 0.589. The molecule has 0 unspecified atom stereocenters. The maximum atomic E-state index is 12.7. The summed E-state index contributed by atoms with van der Waals surface area (Å²) < 4.78 is 17.7. The fourth-order valence-electron chi connectivity index (χ4n) is 5.98. The van der Waals surface area contributed by atoms with Crippen LogP contribution in [-0.2, 0) is 44.1 Å². The van der Waals surface area contributed by atoms with Crippen molar-refractivity contribution in [2.45, 2.75) is 71.4 Å². The van der Waals surface area contributed by atoms with Gasteiger partial charge >= 0.3 is 11.9 Å². The molecular formula is C25H33N3O5. The molecule has 178 valence electrons. The number of nitrogens with zero attached hydrogens (tertiary/aromatic N) is 3. The average molecular weight is 456 g/mol. The third-order valence-corrected chi connectivity index (χ3v) is 7.55. The first-order valence-electron chi connectivity index (χ1n) is 11.7. The maximum Gasteiger partial charge on any atom is 0.327 e. The van der Waals surface area contributed by atoms with Crippen molar-refractivity contribution < 1.29 is 23.8 Å². The minimum Gasteiger partial charge on any atom is -0.487 e. The molecule has 3 atom stereocenters. The largest absolute Gasteiger partial charge is 0.487 e. The molecule has 0 amide bonds. The first-order valence-corrected chi connectivity index (χ1v) is 11.7. The van der Waals surface area contributed by atoms with Crippen LogP contribution in [0.3, 0.4) is 0 Å². The van der Waals surface area contributed by atoms with Gasteiger partial charge in [0.2, 0.25) is 0 Å². The van der Waals surface area contributed by atoms with Gasteiger partial charge in [0.25, 0.3) is 0 Å². The number of methoxy groups -OCH3 is 1. The van der Waals surface area contributed by atoms with E-state index in [9.17, 15) is 9.59 Å². The molecule has 0 bridgehead atoms. The van der Waals surface area contributed by atoms with Gasteiger partial charge in [0, 0.05) is 0 Å². The molecular weight excluding hydrogens is 422 g/mol. The lowest BCUT2D eigenvalue weighted by Crippen LogP contribution is -2.52. The second-order valence-corrected chi connectivity index (χ2v) is 9.59. The summed E-state index contributed by atoms with van der Waals surface area (Å²) in [5.74, 6) is 0.552. The number of aryl methyl sites for hydroxylation is 1. The highest BCUT2D eigenvalue weighted by Gasteiger charge is 2.55. The third-order valence-electron chi connectivity index (χ3n) is 7.55. The zero-order chi connectivity index (χ0) is 23.6. The number of hydrogen-bond acceptors (Lipinski definition) is 7. The van der Waals surface area contributed by atoms with Crippen LogP contribution in [-0.4, -0.2) is 40.6 Å². The SMILES string of the molecule is CCOC(=O)Cn1cc(COc2ccc3c(c2)[C@@]2(C)CCC[C@](C)(C(=O)OC)[C@@H]2CC3)nn1. The van der Waals surface area contributed by atoms with Crippen LogP contribution in [0.15, 0.2) is 24.4 Å². The highest BCUT2D eigenvalue weighted by atomic mass is 16.5. The topological polar surface area (TPSA) is 92.5 Å². The average Bonchev–Trinajstić information content (AvgIpc) is 3.24. The molecule has 1 fully saturated rings. The molecule has 33 heavy (non-hydrogen) atoms. The summed E-state index contributed by atoms with van der Waals surface area (Å²) in [6.07, 6.45) is 6.53. The van der Waals surface area contributed by atoms with Crippen LogP contribution in [0.4, 0.5) is 0 Å². The Morgan fingerprint density at radius 1 is 1.24 bits per heavy atom. The summed E-state index contributed by atoms with van der Waals surface area (Å²) in [6.45, 7) is 6.75. The molecule has 1 heterocycles. The van der Waals surface area contributed by atoms with Crippen molar-refractivity contribution in [2.75, 3.05) is 13.7 Å². The highest BCUT2D eigenvalue weighted by molar-refractivity contribution is 5.77. The predicted molar refractivity (Wildman–Crippen MR) is 121 cm³/mol. The molecule has 4 rings (SSSR count). The van der Waals surface area contributed by atoms with Crippen molar-refractivity contribution in [3.8, 4) is 5.75 Å². The number of carbonyl (C=O) groups excluding carboxylic acids is 2. The molecule has 2 aromatic rings. The predicted octanol–water partition coefficient (Wildman–Crippen LogP) is 3.60. The number of ether oxygens (including phenoxy) is 3. The van der Waals surface area contributed by atoms with E-state index in [1.165, 1.54) is 22.9 Å². The molecule has 0 spiro atoms. The second kappa shape index (κ2) is 9.15. The first kappa shape index (κ1) is 23.3. The van der Waals surface area contributed by atoms with Gasteiger partial charge in [0.15, 0.2) is 0 Å². The number of rotatable bonds is 7. The normalized spacial score (nSPS) is 26.1. The molecule has 8 heteroatoms. The minimum absolute atomic E-state index is 0.0262. The van der Waals surface area contributed by atoms with Gasteiger partial charge in [-0.05, 0) is 74.1 Å². The summed E-state index contributed by atoms with van der Waals surface area (Å²) >= 11 is 0. The fraction of sp³-hybridized carbons (Fsp3) is 0.600. The highest BCUT2D eigenvalue weighted by Crippen LogP contribution is 2.57. The lowest BCUT2D eigenvalue weighted by molar-refractivity contribution is -0.161. The van der Waals surface area contributed by atoms with E-state index in [2.05, 4.69) is 36.3 Å². The molecule has 1 aromatic heterocycles. The van der Waals surface area contributed by atoms with Crippen LogP contribution >= 0.6 is 0 Å². The monoisotopic (exact) mass is 455 g/mol. The Bertz CT molecular complexity index is 1030. The Morgan fingerprint density at radius 2 is 2.06 bits per heavy atom. The van der Waals surface area contributed by atoms with E-state index in [-0.39, 0.29) is 36.4 Å². The Kier molecular flexibility index (Phi) is 6.45. The number of hydrogen-bond donors (Lipinski definition) is 0. The van der Waals surface area contributed by atoms with Gasteiger partial charge in [0.05, 0.1) is 25.3 Å². The van der Waals surface area contributed by atoms with Gasteiger partial charge in [-0.15, -0.1) is 5.10 Å². The lowest BCUT2D eigenvalue weighted by atomic mass is 9.50. The van der Waals surface area contributed by atoms with E-state index in [1.807, 2.05) is 6.07 Å². The Morgan fingerprint density at radius 3 is 2.82 bits per heavy atom. The molecule has 0 aliphatic heterocycles. The standard InChI is InChI=1S/C25H33N3O5/c1-5-32-22(29)15-28-14-18(26-27-28)16-33-19-9-7-17-8-10-21-24(2,20(17)13-19)11-6-12-25(21,3)23(30)31-4/h7,9,13-14,21H,5-6,8,10-12,15-16H2,1-4H3/t21-,24-,25+/m1/s1. The molecule has 1 saturated carbocycles. The zero-order valence-corrected chi connectivity index (χ0v) is 19.9. The Hall–Kier alpha value is -2.90. The van der Waals surface area contributed by atoms with E-state index < -0.39 is 5.41 Å². The molecule has 2 aliphatic rings. The van der Waals surface area contributed by atoms with Crippen molar-refractivity contribution in [1.82, 2.24) is 15.0 Å². The Labute approximate surface area is 194 Å². The molecule has 0 N–H and O–H groups in total. The van der Waals surface area contributed by atoms with Crippen LogP contribution in [0.1, 0.15) is 63.3 Å². The molecule has 8 nitrogen and oxygen atoms in total. The van der Waals surface area contributed by atoms with Crippen molar-refractivity contribution >= 4 is 11.9 Å². The Balaban J connectivity index is 1.50. The van der Waals surface area contributed by atoms with Crippen LogP contribution in [0.25, 0.3) is 0 Å². The van der Waals surface area contributed by atoms with Crippen LogP contribution in [0.5, 0.6) is 5.75 Å². The van der Waals surface area contributed by atoms with Crippen LogP contribution in [0, 0.1) is 11.3 Å². The van der Waals surface area contributed by atoms with Gasteiger partial charge in [-0.25, -0.2) is 4.68 Å². The number of fused-ring (bicyclic) bond motifs is 3. The summed E-state index contributed by atoms with van der Waals surface area (Å²) in [6, 6.07) is 6.27. The van der Waals surface area contributed by atoms with Gasteiger partial charge in [0.1, 0.15) is 24.6 Å². The van der Waals surface area contributed by atoms with Crippen molar-refractivity contribution in [3.05, 3.63) is 41.2 Å². The van der Waals surface area contributed by atoms with E-state index in [1.54, 1.807) is 13.1 Å². The maximum absolute atomic E-state index is 12.7. The lowest BCUT2D eigenvalue weighted by Gasteiger charge is -2.54. The zero-order valence-electron chi connectivity index (χ0n) is 19.9. The van der Waals surface area contributed by atoms with Crippen LogP contribution < -0.4 is 4.74 Å². The van der Waals surface area contributed by atoms with E-state index in [4.69, 9.17) is 14.2 Å². The minimum atomic E-state index is -0.465. The van der Waals surface area contributed by atoms with E-state index >= 15 is 0 Å². The number of aromatic nitrogens is 3. The molecule has 1 aromatic carbocycles. The summed E-state index contributed by atoms with van der Waals surface area (Å²) in [7, 11) is 1.49. The molecule has 2 aliphatic carbocycles. The van der Waals surface area contributed by atoms with Gasteiger partial charge < -0.3 is 14.2 Å². The smallest absolute Gasteiger partial charge is 0.327 e. The van der Waals surface area contributed by atoms with Gasteiger partial charge in [-0.3, -0.25) is 9.59 Å². The number of benzene rings is 1. The third kappa shape index (κ3) is 4.35. The second-order valence-electron chi connectivity index (χ2n) is 9.59. The summed E-state index contributed by atoms with van der Waals surface area (Å²) in [5, 5.41) is 8.06. The summed E-state index contributed by atoms with van der Waals surface area (Å²) in [5.41, 5.74) is 2.68. The first-order chi connectivity index (χ1) is 15.8. The van der Waals surface area contributed by atoms with E-state index in [0.717, 1.165) is 37.9 Å². The van der Waals surface area contributed by atoms with Gasteiger partial charge in [-0.2, -0.15) is 0 Å². The molecule has 0 radical (unpaired) electrons. The number of carbonyl (C=O) groups is 2. The number of esters is 2. The summed E-state index contributed by atoms with van der Waals surface area (Å²) in [4.78, 5) is 24.4. The van der Waals surface area contributed by atoms with Crippen molar-refractivity contribution in [2.24, 2.45) is 11.3 Å². The van der Waals surface area contributed by atoms with E-state index in [0.29, 0.717) is 12.3 Å². The van der Waals surface area contributed by atoms with Crippen molar-refractivity contribution in [3.63, 3.8) is 0 Å². The van der Waals surface area contributed by atoms with Crippen molar-refractivity contribution in [1.29, 1.82) is 0 Å². The fourth-order valence-corrected chi connectivity index (χ4v) is 5.98. The van der Waals surface area contributed by atoms with Gasteiger partial charge in [-0.1, -0.05) is 24.6 Å².